The summed E-state index contributed by atoms with van der Waals surface area (Å²) in [5, 5.41) is 12.1. The lowest BCUT2D eigenvalue weighted by atomic mass is 9.85. The van der Waals surface area contributed by atoms with Crippen molar-refractivity contribution in [2.24, 2.45) is 0 Å². The lowest BCUT2D eigenvalue weighted by Crippen LogP contribution is -2.24. The predicted octanol–water partition coefficient (Wildman–Crippen LogP) is 4.45. The number of H-pyrrole nitrogens is 2. The van der Waals surface area contributed by atoms with Crippen molar-refractivity contribution in [2.75, 3.05) is 0 Å². The lowest BCUT2D eigenvalue weighted by molar-refractivity contribution is 0.0946. The maximum atomic E-state index is 15.0. The number of carbonyl (C=O) groups is 1. The minimum absolute atomic E-state index is 0.0000635. The fourth-order valence-corrected chi connectivity index (χ4v) is 4.79. The number of halogens is 1. The number of hydrogen-bond donors (Lipinski definition) is 3. The molecule has 0 aliphatic heterocycles. The largest absolute Gasteiger partial charge is 0.347 e. The van der Waals surface area contributed by atoms with Crippen molar-refractivity contribution in [3.05, 3.63) is 77.3 Å². The van der Waals surface area contributed by atoms with Gasteiger partial charge in [0.05, 0.1) is 35.0 Å². The third-order valence-corrected chi connectivity index (χ3v) is 6.35. The van der Waals surface area contributed by atoms with Gasteiger partial charge in [-0.25, -0.2) is 14.4 Å². The van der Waals surface area contributed by atoms with Crippen LogP contribution in [0, 0.1) is 5.82 Å². The SMILES string of the molecule is O=C(NCc1ncc[nH]1)c1ccc(-c2nc3ccc4[nH]ncc4c3c3c2CCCC3)cc1F. The van der Waals surface area contributed by atoms with Crippen molar-refractivity contribution in [1.29, 1.82) is 0 Å². The van der Waals surface area contributed by atoms with Gasteiger partial charge in [0.2, 0.25) is 0 Å². The zero-order valence-corrected chi connectivity index (χ0v) is 17.8. The van der Waals surface area contributed by atoms with Crippen LogP contribution in [0.15, 0.2) is 48.9 Å². The van der Waals surface area contributed by atoms with Gasteiger partial charge in [0.1, 0.15) is 11.6 Å². The Hall–Kier alpha value is -4.07. The molecule has 0 saturated carbocycles. The van der Waals surface area contributed by atoms with Crippen molar-refractivity contribution in [3.8, 4) is 11.3 Å². The number of nitrogens with zero attached hydrogens (tertiary/aromatic N) is 3. The summed E-state index contributed by atoms with van der Waals surface area (Å²) in [5.74, 6) is -0.438. The summed E-state index contributed by atoms with van der Waals surface area (Å²) in [4.78, 5) is 24.4. The Balaban J connectivity index is 1.41. The molecule has 0 bridgehead atoms. The molecule has 8 heteroatoms. The molecule has 1 amide bonds. The van der Waals surface area contributed by atoms with E-state index in [9.17, 15) is 4.79 Å². The Morgan fingerprint density at radius 3 is 2.82 bits per heavy atom. The normalized spacial score (nSPS) is 13.4. The molecule has 0 saturated heterocycles. The average molecular weight is 440 g/mol. The number of fused-ring (bicyclic) bond motifs is 5. The number of pyridine rings is 1. The first-order valence-electron chi connectivity index (χ1n) is 11.0. The van der Waals surface area contributed by atoms with Crippen LogP contribution in [0.1, 0.15) is 40.2 Å². The third kappa shape index (κ3) is 3.34. The van der Waals surface area contributed by atoms with E-state index in [0.29, 0.717) is 11.4 Å². The Kier molecular flexibility index (Phi) is 4.64. The maximum absolute atomic E-state index is 15.0. The topological polar surface area (TPSA) is 99.4 Å². The molecule has 2 aromatic carbocycles. The molecule has 0 unspecified atom stereocenters. The summed E-state index contributed by atoms with van der Waals surface area (Å²) in [6.45, 7) is 0.204. The second-order valence-electron chi connectivity index (χ2n) is 8.33. The number of carbonyl (C=O) groups excluding carboxylic acids is 1. The highest BCUT2D eigenvalue weighted by Gasteiger charge is 2.22. The number of benzene rings is 2. The van der Waals surface area contributed by atoms with Crippen LogP contribution in [0.3, 0.4) is 0 Å². The van der Waals surface area contributed by atoms with E-state index in [-0.39, 0.29) is 12.1 Å². The molecule has 3 aromatic heterocycles. The van der Waals surface area contributed by atoms with Gasteiger partial charge in [-0.1, -0.05) is 6.07 Å². The van der Waals surface area contributed by atoms with Gasteiger partial charge in [-0.05, 0) is 61.1 Å². The summed E-state index contributed by atoms with van der Waals surface area (Å²) in [6.07, 6.45) is 9.17. The van der Waals surface area contributed by atoms with Gasteiger partial charge in [-0.3, -0.25) is 9.89 Å². The van der Waals surface area contributed by atoms with E-state index in [2.05, 4.69) is 25.5 Å². The first-order valence-corrected chi connectivity index (χ1v) is 11.0. The molecule has 3 heterocycles. The van der Waals surface area contributed by atoms with Crippen LogP contribution in [0.4, 0.5) is 4.39 Å². The smallest absolute Gasteiger partial charge is 0.254 e. The summed E-state index contributed by atoms with van der Waals surface area (Å²) in [5.41, 5.74) is 5.77. The lowest BCUT2D eigenvalue weighted by Gasteiger charge is -2.22. The molecule has 6 rings (SSSR count). The van der Waals surface area contributed by atoms with E-state index >= 15 is 4.39 Å². The van der Waals surface area contributed by atoms with Gasteiger partial charge in [-0.2, -0.15) is 5.10 Å². The first-order chi connectivity index (χ1) is 16.2. The highest BCUT2D eigenvalue weighted by atomic mass is 19.1. The van der Waals surface area contributed by atoms with Gasteiger partial charge in [0.15, 0.2) is 0 Å². The summed E-state index contributed by atoms with van der Waals surface area (Å²) in [6, 6.07) is 8.69. The van der Waals surface area contributed by atoms with E-state index in [1.807, 2.05) is 18.3 Å². The van der Waals surface area contributed by atoms with Crippen LogP contribution in [0.2, 0.25) is 0 Å². The fourth-order valence-electron chi connectivity index (χ4n) is 4.79. The number of rotatable bonds is 4. The molecular formula is C25H21FN6O. The van der Waals surface area contributed by atoms with E-state index in [0.717, 1.165) is 58.7 Å². The average Bonchev–Trinajstić information content (AvgIpc) is 3.53. The number of aryl methyl sites for hydroxylation is 1. The van der Waals surface area contributed by atoms with Gasteiger partial charge >= 0.3 is 0 Å². The summed E-state index contributed by atoms with van der Waals surface area (Å²) in [7, 11) is 0. The molecule has 164 valence electrons. The molecule has 0 atom stereocenters. The molecule has 0 radical (unpaired) electrons. The zero-order chi connectivity index (χ0) is 22.4. The molecule has 1 aliphatic rings. The number of imidazole rings is 1. The predicted molar refractivity (Wildman–Crippen MR) is 123 cm³/mol. The zero-order valence-electron chi connectivity index (χ0n) is 17.8. The van der Waals surface area contributed by atoms with Crippen LogP contribution in [-0.2, 0) is 19.4 Å². The second kappa shape index (κ2) is 7.81. The number of aromatic amines is 2. The molecule has 3 N–H and O–H groups in total. The molecule has 7 nitrogen and oxygen atoms in total. The molecule has 5 aromatic rings. The van der Waals surface area contributed by atoms with Gasteiger partial charge in [0.25, 0.3) is 5.91 Å². The van der Waals surface area contributed by atoms with Gasteiger partial charge in [-0.15, -0.1) is 0 Å². The van der Waals surface area contributed by atoms with Crippen molar-refractivity contribution in [1.82, 2.24) is 30.5 Å². The molecular weight excluding hydrogens is 419 g/mol. The van der Waals surface area contributed by atoms with E-state index < -0.39 is 11.7 Å². The Bertz CT molecular complexity index is 1500. The highest BCUT2D eigenvalue weighted by molar-refractivity contribution is 6.07. The van der Waals surface area contributed by atoms with Crippen LogP contribution < -0.4 is 5.32 Å². The molecule has 0 spiro atoms. The number of hydrogen-bond acceptors (Lipinski definition) is 4. The Labute approximate surface area is 188 Å². The van der Waals surface area contributed by atoms with Crippen molar-refractivity contribution in [2.45, 2.75) is 32.2 Å². The van der Waals surface area contributed by atoms with E-state index in [1.54, 1.807) is 18.5 Å². The summed E-state index contributed by atoms with van der Waals surface area (Å²) >= 11 is 0. The van der Waals surface area contributed by atoms with Crippen LogP contribution >= 0.6 is 0 Å². The monoisotopic (exact) mass is 440 g/mol. The number of aromatic nitrogens is 5. The standard InChI is InChI=1S/C25H21FN6O/c26-19-11-14(5-6-17(19)25(33)29-13-22-27-9-10-28-22)24-16-4-2-1-3-15(16)23-18-12-30-32-20(18)7-8-21(23)31-24/h5-12H,1-4,13H2,(H,27,28)(H,29,33)(H,30,32). The van der Waals surface area contributed by atoms with Crippen LogP contribution in [0.5, 0.6) is 0 Å². The third-order valence-electron chi connectivity index (χ3n) is 6.35. The fraction of sp³-hybridized carbons (Fsp3) is 0.200. The molecule has 33 heavy (non-hydrogen) atoms. The second-order valence-corrected chi connectivity index (χ2v) is 8.33. The quantitative estimate of drug-likeness (QED) is 0.384. The highest BCUT2D eigenvalue weighted by Crippen LogP contribution is 2.38. The maximum Gasteiger partial charge on any atom is 0.254 e. The molecule has 0 fully saturated rings. The van der Waals surface area contributed by atoms with Crippen LogP contribution in [-0.4, -0.2) is 31.1 Å². The van der Waals surface area contributed by atoms with Gasteiger partial charge < -0.3 is 10.3 Å². The number of amides is 1. The summed E-state index contributed by atoms with van der Waals surface area (Å²) < 4.78 is 15.0. The van der Waals surface area contributed by atoms with Crippen molar-refractivity contribution in [3.63, 3.8) is 0 Å². The first kappa shape index (κ1) is 19.6. The van der Waals surface area contributed by atoms with Crippen molar-refractivity contribution >= 4 is 27.7 Å². The Morgan fingerprint density at radius 2 is 2.00 bits per heavy atom. The number of nitrogens with one attached hydrogen (secondary N) is 3. The minimum atomic E-state index is -0.568. The van der Waals surface area contributed by atoms with Gasteiger partial charge in [0, 0.05) is 28.7 Å². The van der Waals surface area contributed by atoms with Crippen LogP contribution in [0.25, 0.3) is 33.1 Å². The molecule has 1 aliphatic carbocycles. The van der Waals surface area contributed by atoms with Crippen molar-refractivity contribution < 1.29 is 9.18 Å². The van der Waals surface area contributed by atoms with E-state index in [4.69, 9.17) is 4.98 Å². The Morgan fingerprint density at radius 1 is 1.12 bits per heavy atom. The minimum Gasteiger partial charge on any atom is -0.347 e. The van der Waals surface area contributed by atoms with E-state index in [1.165, 1.54) is 17.7 Å².